The summed E-state index contributed by atoms with van der Waals surface area (Å²) < 4.78 is 71.8. The van der Waals surface area contributed by atoms with Gasteiger partial charge in [-0.1, -0.05) is 11.1 Å². The Morgan fingerprint density at radius 1 is 0.842 bits per heavy atom. The van der Waals surface area contributed by atoms with E-state index < -0.39 is 30.8 Å². The molecule has 112 valence electrons. The summed E-state index contributed by atoms with van der Waals surface area (Å²) in [6, 6.07) is 2.79. The second kappa shape index (κ2) is 7.93. The third kappa shape index (κ3) is 9.08. The Morgan fingerprint density at radius 2 is 1.11 bits per heavy atom. The molecule has 0 aliphatic rings. The molecule has 0 fully saturated rings. The minimum Gasteiger partial charge on any atom is -0.402 e. The molecule has 1 aromatic carbocycles. The molecule has 0 saturated heterocycles. The summed E-state index contributed by atoms with van der Waals surface area (Å²) in [7, 11) is -2.17. The number of hydrogen-bond donors (Lipinski definition) is 3. The normalized spacial score (nSPS) is 11.0. The van der Waals surface area contributed by atoms with Crippen LogP contribution in [0.5, 0.6) is 0 Å². The van der Waals surface area contributed by atoms with Gasteiger partial charge in [-0.3, -0.25) is 0 Å². The van der Waals surface area contributed by atoms with Crippen molar-refractivity contribution < 1.29 is 63.8 Å². The van der Waals surface area contributed by atoms with Gasteiger partial charge in [-0.25, -0.2) is 0 Å². The minimum absolute atomic E-state index is 0. The van der Waals surface area contributed by atoms with Crippen LogP contribution in [-0.2, 0) is 34.7 Å². The van der Waals surface area contributed by atoms with E-state index in [9.17, 15) is 26.3 Å². The maximum atomic E-state index is 12.0. The molecule has 0 bridgehead atoms. The van der Waals surface area contributed by atoms with E-state index in [-0.39, 0.29) is 28.4 Å². The van der Waals surface area contributed by atoms with E-state index in [0.717, 1.165) is 0 Å². The van der Waals surface area contributed by atoms with Gasteiger partial charge in [0.15, 0.2) is 0 Å². The molecule has 0 unspecified atom stereocenters. The summed E-state index contributed by atoms with van der Waals surface area (Å²) in [6.07, 6.45) is -9.56. The van der Waals surface area contributed by atoms with E-state index in [1.807, 2.05) is 0 Å². The number of rotatable bonds is 0. The van der Waals surface area contributed by atoms with E-state index >= 15 is 0 Å². The maximum absolute atomic E-state index is 12.0. The van der Waals surface area contributed by atoms with Crippen molar-refractivity contribution in [2.75, 3.05) is 0 Å². The third-order valence-electron chi connectivity index (χ3n) is 1.44. The summed E-state index contributed by atoms with van der Waals surface area (Å²) in [5, 5.41) is 21.5. The molecule has 0 heterocycles. The van der Waals surface area contributed by atoms with Crippen molar-refractivity contribution in [3.8, 4) is 0 Å². The molecule has 0 aliphatic carbocycles. The van der Waals surface area contributed by atoms with Crippen LogP contribution >= 0.6 is 0 Å². The first-order valence-electron chi connectivity index (χ1n) is 4.14. The smallest absolute Gasteiger partial charge is 0.402 e. The molecule has 0 spiro atoms. The molecular weight excluding hydrogens is 377 g/mol. The fraction of sp³-hybridized carbons (Fsp3) is 0.250. The predicted octanol–water partition coefficient (Wildman–Crippen LogP) is 1.47. The summed E-state index contributed by atoms with van der Waals surface area (Å²) in [5.74, 6) is 0. The van der Waals surface area contributed by atoms with Gasteiger partial charge in [-0.2, -0.15) is 44.5 Å². The van der Waals surface area contributed by atoms with Crippen molar-refractivity contribution in [2.24, 2.45) is 0 Å². The zero-order chi connectivity index (χ0) is 14.6. The molecule has 1 aromatic rings. The first-order chi connectivity index (χ1) is 7.94. The van der Waals surface area contributed by atoms with Crippen LogP contribution in [0.15, 0.2) is 18.2 Å². The predicted molar refractivity (Wildman–Crippen MR) is 47.7 cm³/mol. The van der Waals surface area contributed by atoms with E-state index in [1.165, 1.54) is 0 Å². The quantitative estimate of drug-likeness (QED) is 0.362. The number of hydrogen-bond acceptors (Lipinski definition) is 3. The Bertz CT molecular complexity index is 349. The average molecular weight is 383 g/mol. The van der Waals surface area contributed by atoms with Crippen molar-refractivity contribution in [3.05, 3.63) is 35.4 Å². The van der Waals surface area contributed by atoms with Crippen LogP contribution in [0.25, 0.3) is 0 Å². The maximum Gasteiger partial charge on any atom is 1.00 e. The Kier molecular flexibility index (Phi) is 8.68. The molecule has 0 atom stereocenters. The first kappa shape index (κ1) is 20.8. The molecule has 0 radical (unpaired) electrons. The topological polar surface area (TPSA) is 60.7 Å². The first-order valence-corrected chi connectivity index (χ1v) is 4.14. The second-order valence-corrected chi connectivity index (χ2v) is 2.85. The monoisotopic (exact) mass is 382 g/mol. The van der Waals surface area contributed by atoms with E-state index in [4.69, 9.17) is 15.1 Å². The zero-order valence-corrected chi connectivity index (χ0v) is 10.2. The molecule has 3 nitrogen and oxygen atoms in total. The van der Waals surface area contributed by atoms with Gasteiger partial charge in [0.2, 0.25) is 0 Å². The number of alkyl halides is 6. The fourth-order valence-corrected chi connectivity index (χ4v) is 0.799. The second-order valence-electron chi connectivity index (χ2n) is 2.85. The summed E-state index contributed by atoms with van der Waals surface area (Å²) in [4.78, 5) is 0. The van der Waals surface area contributed by atoms with Gasteiger partial charge < -0.3 is 15.1 Å². The molecule has 0 saturated carbocycles. The van der Waals surface area contributed by atoms with Crippen LogP contribution < -0.4 is 0 Å². The standard InChI is InChI=1S/C8H3F6.Ag.BH3O3/c9-7(10,11)5-2-1-3-6(4-5)8(12,13)14;;2-1(3)4/h2-4H;;2-4H/q-1;+1;. The average Bonchev–Trinajstić information content (AvgIpc) is 2.14. The minimum atomic E-state index is -4.78. The zero-order valence-electron chi connectivity index (χ0n) is 8.72. The van der Waals surface area contributed by atoms with E-state index in [2.05, 4.69) is 0 Å². The molecule has 19 heavy (non-hydrogen) atoms. The Morgan fingerprint density at radius 3 is 1.32 bits per heavy atom. The van der Waals surface area contributed by atoms with Crippen LogP contribution in [0.4, 0.5) is 26.3 Å². The van der Waals surface area contributed by atoms with Crippen LogP contribution in [0.2, 0.25) is 0 Å². The number of halogens is 6. The third-order valence-corrected chi connectivity index (χ3v) is 1.44. The largest absolute Gasteiger partial charge is 1.00 e. The van der Waals surface area contributed by atoms with Crippen LogP contribution in [0.1, 0.15) is 11.1 Å². The SMILES string of the molecule is FC(F)(F)c1c[c-]cc(C(F)(F)F)c1.OB(O)O.[Ag+]. The Hall–Kier alpha value is -0.515. The molecule has 11 heteroatoms. The van der Waals surface area contributed by atoms with Gasteiger partial charge in [0, 0.05) is 0 Å². The van der Waals surface area contributed by atoms with Crippen molar-refractivity contribution in [1.29, 1.82) is 0 Å². The van der Waals surface area contributed by atoms with Gasteiger partial charge >= 0.3 is 42.1 Å². The Labute approximate surface area is 119 Å². The molecular formula is C8H6AgBF6O3. The van der Waals surface area contributed by atoms with Crippen molar-refractivity contribution >= 4 is 7.32 Å². The van der Waals surface area contributed by atoms with Crippen molar-refractivity contribution in [2.45, 2.75) is 12.4 Å². The molecule has 0 amide bonds. The van der Waals surface area contributed by atoms with Crippen LogP contribution in [0.3, 0.4) is 0 Å². The van der Waals surface area contributed by atoms with E-state index in [0.29, 0.717) is 12.1 Å². The van der Waals surface area contributed by atoms with Gasteiger partial charge in [0.25, 0.3) is 0 Å². The van der Waals surface area contributed by atoms with Crippen molar-refractivity contribution in [3.63, 3.8) is 0 Å². The molecule has 3 N–H and O–H groups in total. The number of benzene rings is 1. The summed E-state index contributed by atoms with van der Waals surface area (Å²) >= 11 is 0. The van der Waals surface area contributed by atoms with Gasteiger partial charge in [0.05, 0.1) is 0 Å². The van der Waals surface area contributed by atoms with Gasteiger partial charge in [-0.15, -0.1) is 6.07 Å². The summed E-state index contributed by atoms with van der Waals surface area (Å²) in [6.45, 7) is 0. The summed E-state index contributed by atoms with van der Waals surface area (Å²) in [5.41, 5.74) is -2.71. The fourth-order valence-electron chi connectivity index (χ4n) is 0.799. The van der Waals surface area contributed by atoms with Crippen molar-refractivity contribution in [1.82, 2.24) is 0 Å². The van der Waals surface area contributed by atoms with Gasteiger partial charge in [-0.05, 0) is 0 Å². The Balaban J connectivity index is 0. The molecule has 1 rings (SSSR count). The molecule has 0 aromatic heterocycles. The van der Waals surface area contributed by atoms with E-state index in [1.54, 1.807) is 6.07 Å². The van der Waals surface area contributed by atoms with Crippen LogP contribution in [-0.4, -0.2) is 22.4 Å². The van der Waals surface area contributed by atoms with Gasteiger partial charge in [0.1, 0.15) is 0 Å². The molecule has 0 aliphatic heterocycles. The van der Waals surface area contributed by atoms with Crippen LogP contribution in [0, 0.1) is 6.07 Å².